The minimum absolute atomic E-state index is 0.0750. The molecule has 0 spiro atoms. The summed E-state index contributed by atoms with van der Waals surface area (Å²) in [6, 6.07) is 1.90. The van der Waals surface area contributed by atoms with Gasteiger partial charge in [0.1, 0.15) is 17.5 Å². The summed E-state index contributed by atoms with van der Waals surface area (Å²) in [6.07, 6.45) is 1.74. The third-order valence-corrected chi connectivity index (χ3v) is 2.54. The van der Waals surface area contributed by atoms with Crippen molar-refractivity contribution in [1.29, 1.82) is 0 Å². The second kappa shape index (κ2) is 6.54. The minimum atomic E-state index is -0.0750. The molecule has 5 heteroatoms. The summed E-state index contributed by atoms with van der Waals surface area (Å²) in [5.41, 5.74) is -0.0750. The zero-order valence-electron chi connectivity index (χ0n) is 11.7. The van der Waals surface area contributed by atoms with Crippen molar-refractivity contribution in [3.63, 3.8) is 0 Å². The second-order valence-electron chi connectivity index (χ2n) is 5.32. The highest BCUT2D eigenvalue weighted by molar-refractivity contribution is 5.47. The van der Waals surface area contributed by atoms with Gasteiger partial charge in [0.15, 0.2) is 0 Å². The Morgan fingerprint density at radius 1 is 1.17 bits per heavy atom. The number of anilines is 2. The third-order valence-electron chi connectivity index (χ3n) is 2.54. The number of hydrogen-bond donors (Lipinski definition) is 3. The highest BCUT2D eigenvalue weighted by Gasteiger charge is 2.18. The lowest BCUT2D eigenvalue weighted by atomic mass is 9.96. The molecule has 5 nitrogen and oxygen atoms in total. The lowest BCUT2D eigenvalue weighted by Gasteiger charge is -2.18. The molecule has 0 atom stereocenters. The average Bonchev–Trinajstić information content (AvgIpc) is 2.33. The lowest BCUT2D eigenvalue weighted by molar-refractivity contribution is 0.286. The van der Waals surface area contributed by atoms with E-state index in [9.17, 15) is 0 Å². The number of rotatable bonds is 6. The van der Waals surface area contributed by atoms with Crippen LogP contribution in [0.5, 0.6) is 0 Å². The smallest absolute Gasteiger partial charge is 0.138 e. The van der Waals surface area contributed by atoms with Crippen LogP contribution in [0, 0.1) is 0 Å². The first-order valence-electron chi connectivity index (χ1n) is 6.39. The molecule has 0 amide bonds. The normalized spacial score (nSPS) is 11.4. The van der Waals surface area contributed by atoms with Gasteiger partial charge >= 0.3 is 0 Å². The molecule has 0 aromatic carbocycles. The fourth-order valence-electron chi connectivity index (χ4n) is 1.45. The number of aliphatic hydroxyl groups is 1. The number of nitrogens with one attached hydrogen (secondary N) is 2. The van der Waals surface area contributed by atoms with Crippen LogP contribution in [0.3, 0.4) is 0 Å². The molecule has 0 unspecified atom stereocenters. The van der Waals surface area contributed by atoms with Crippen molar-refractivity contribution < 1.29 is 5.11 Å². The van der Waals surface area contributed by atoms with Crippen LogP contribution < -0.4 is 10.6 Å². The summed E-state index contributed by atoms with van der Waals surface area (Å²) in [7, 11) is 1.85. The SMILES string of the molecule is CNc1cc(NCCCCO)nc(C(C)(C)C)n1. The van der Waals surface area contributed by atoms with Crippen LogP contribution in [0.4, 0.5) is 11.6 Å². The topological polar surface area (TPSA) is 70.1 Å². The van der Waals surface area contributed by atoms with Crippen molar-refractivity contribution >= 4 is 11.6 Å². The van der Waals surface area contributed by atoms with Gasteiger partial charge in [-0.1, -0.05) is 20.8 Å². The monoisotopic (exact) mass is 252 g/mol. The van der Waals surface area contributed by atoms with Gasteiger partial charge in [0, 0.05) is 31.7 Å². The van der Waals surface area contributed by atoms with E-state index >= 15 is 0 Å². The maximum absolute atomic E-state index is 8.73. The molecule has 0 bridgehead atoms. The molecule has 0 aliphatic carbocycles. The largest absolute Gasteiger partial charge is 0.396 e. The fraction of sp³-hybridized carbons (Fsp3) is 0.692. The zero-order chi connectivity index (χ0) is 13.6. The lowest BCUT2D eigenvalue weighted by Crippen LogP contribution is -2.18. The maximum Gasteiger partial charge on any atom is 0.138 e. The first-order valence-corrected chi connectivity index (χ1v) is 6.39. The summed E-state index contributed by atoms with van der Waals surface area (Å²) in [5, 5.41) is 15.0. The summed E-state index contributed by atoms with van der Waals surface area (Å²) in [4.78, 5) is 8.99. The van der Waals surface area contributed by atoms with Gasteiger partial charge in [-0.05, 0) is 12.8 Å². The number of hydrogen-bond acceptors (Lipinski definition) is 5. The van der Waals surface area contributed by atoms with Gasteiger partial charge in [0.05, 0.1) is 0 Å². The Labute approximate surface area is 109 Å². The molecule has 1 heterocycles. The molecule has 3 N–H and O–H groups in total. The van der Waals surface area contributed by atoms with Crippen molar-refractivity contribution in [2.24, 2.45) is 0 Å². The average molecular weight is 252 g/mol. The van der Waals surface area contributed by atoms with Gasteiger partial charge in [-0.2, -0.15) is 0 Å². The molecular weight excluding hydrogens is 228 g/mol. The Morgan fingerprint density at radius 2 is 1.83 bits per heavy atom. The quantitative estimate of drug-likeness (QED) is 0.676. The van der Waals surface area contributed by atoms with Crippen LogP contribution >= 0.6 is 0 Å². The summed E-state index contributed by atoms with van der Waals surface area (Å²) < 4.78 is 0. The molecule has 1 rings (SSSR count). The number of aromatic nitrogens is 2. The van der Waals surface area contributed by atoms with E-state index in [1.807, 2.05) is 13.1 Å². The van der Waals surface area contributed by atoms with Crippen molar-refractivity contribution in [1.82, 2.24) is 9.97 Å². The molecule has 18 heavy (non-hydrogen) atoms. The van der Waals surface area contributed by atoms with Crippen LogP contribution in [-0.2, 0) is 5.41 Å². The molecule has 1 aromatic heterocycles. The molecule has 0 saturated heterocycles. The molecule has 102 valence electrons. The predicted molar refractivity (Wildman–Crippen MR) is 75.1 cm³/mol. The van der Waals surface area contributed by atoms with Crippen molar-refractivity contribution in [2.45, 2.75) is 39.0 Å². The third kappa shape index (κ3) is 4.49. The maximum atomic E-state index is 8.73. The highest BCUT2D eigenvalue weighted by Crippen LogP contribution is 2.22. The van der Waals surface area contributed by atoms with Crippen LogP contribution in [-0.4, -0.2) is 35.3 Å². The molecule has 0 fully saturated rings. The minimum Gasteiger partial charge on any atom is -0.396 e. The Kier molecular flexibility index (Phi) is 5.34. The van der Waals surface area contributed by atoms with E-state index in [-0.39, 0.29) is 12.0 Å². The fourth-order valence-corrected chi connectivity index (χ4v) is 1.45. The summed E-state index contributed by atoms with van der Waals surface area (Å²) in [6.45, 7) is 7.33. The number of unbranched alkanes of at least 4 members (excludes halogenated alkanes) is 1. The molecule has 0 aliphatic heterocycles. The van der Waals surface area contributed by atoms with Gasteiger partial charge in [-0.3, -0.25) is 0 Å². The van der Waals surface area contributed by atoms with Crippen LogP contribution in [0.15, 0.2) is 6.07 Å². The molecule has 1 aromatic rings. The first kappa shape index (κ1) is 14.7. The predicted octanol–water partition coefficient (Wildman–Crippen LogP) is 2.00. The van der Waals surface area contributed by atoms with Crippen molar-refractivity contribution in [3.8, 4) is 0 Å². The van der Waals surface area contributed by atoms with Crippen LogP contribution in [0.1, 0.15) is 39.4 Å². The number of aliphatic hydroxyl groups excluding tert-OH is 1. The Bertz CT molecular complexity index is 374. The standard InChI is InChI=1S/C13H24N4O/c1-13(2,3)12-16-10(14-4)9-11(17-12)15-7-5-6-8-18/h9,18H,5-8H2,1-4H3,(H2,14,15,16,17). The van der Waals surface area contributed by atoms with Crippen LogP contribution in [0.2, 0.25) is 0 Å². The van der Waals surface area contributed by atoms with Crippen LogP contribution in [0.25, 0.3) is 0 Å². The van der Waals surface area contributed by atoms with E-state index < -0.39 is 0 Å². The molecule has 0 saturated carbocycles. The van der Waals surface area contributed by atoms with Gasteiger partial charge < -0.3 is 15.7 Å². The van der Waals surface area contributed by atoms with Crippen molar-refractivity contribution in [3.05, 3.63) is 11.9 Å². The second-order valence-corrected chi connectivity index (χ2v) is 5.32. The van der Waals surface area contributed by atoms with Crippen molar-refractivity contribution in [2.75, 3.05) is 30.8 Å². The van der Waals surface area contributed by atoms with Gasteiger partial charge in [-0.25, -0.2) is 9.97 Å². The molecular formula is C13H24N4O. The Hall–Kier alpha value is -1.36. The van der Waals surface area contributed by atoms with E-state index in [1.165, 1.54) is 0 Å². The van der Waals surface area contributed by atoms with Gasteiger partial charge in [0.2, 0.25) is 0 Å². The van der Waals surface area contributed by atoms with E-state index in [2.05, 4.69) is 41.4 Å². The molecule has 0 radical (unpaired) electrons. The van der Waals surface area contributed by atoms with Gasteiger partial charge in [-0.15, -0.1) is 0 Å². The highest BCUT2D eigenvalue weighted by atomic mass is 16.2. The van der Waals surface area contributed by atoms with E-state index in [0.717, 1.165) is 36.8 Å². The number of nitrogens with zero attached hydrogens (tertiary/aromatic N) is 2. The van der Waals surface area contributed by atoms with E-state index in [0.29, 0.717) is 0 Å². The van der Waals surface area contributed by atoms with Gasteiger partial charge in [0.25, 0.3) is 0 Å². The summed E-state index contributed by atoms with van der Waals surface area (Å²) in [5.74, 6) is 2.47. The van der Waals surface area contributed by atoms with E-state index in [4.69, 9.17) is 5.11 Å². The molecule has 0 aliphatic rings. The Balaban J connectivity index is 2.78. The first-order chi connectivity index (χ1) is 8.47. The summed E-state index contributed by atoms with van der Waals surface area (Å²) >= 11 is 0. The Morgan fingerprint density at radius 3 is 2.39 bits per heavy atom. The van der Waals surface area contributed by atoms with E-state index in [1.54, 1.807) is 0 Å². The zero-order valence-corrected chi connectivity index (χ0v) is 11.7.